The van der Waals surface area contributed by atoms with Crippen LogP contribution in [0.15, 0.2) is 66.1 Å². The Morgan fingerprint density at radius 2 is 1.59 bits per heavy atom. The predicted octanol–water partition coefficient (Wildman–Crippen LogP) is 3.27. The van der Waals surface area contributed by atoms with Gasteiger partial charge in [0.15, 0.2) is 5.57 Å². The first kappa shape index (κ1) is 13.7. The van der Waals surface area contributed by atoms with Crippen LogP contribution in [0.4, 0.5) is 0 Å². The molecular formula is C18H13N3O. The van der Waals surface area contributed by atoms with Crippen LogP contribution in [0.25, 0.3) is 11.1 Å². The molecule has 0 bridgehead atoms. The van der Waals surface area contributed by atoms with Crippen LogP contribution >= 0.6 is 0 Å². The van der Waals surface area contributed by atoms with E-state index in [1.54, 1.807) is 0 Å². The third-order valence-corrected chi connectivity index (χ3v) is 3.55. The lowest BCUT2D eigenvalue weighted by Gasteiger charge is -2.10. The Labute approximate surface area is 128 Å². The van der Waals surface area contributed by atoms with E-state index in [9.17, 15) is 0 Å². The average Bonchev–Trinajstić information content (AvgIpc) is 3.07. The number of benzene rings is 2. The number of nitriles is 2. The molecule has 0 radical (unpaired) electrons. The van der Waals surface area contributed by atoms with Crippen molar-refractivity contribution in [3.63, 3.8) is 0 Å². The Morgan fingerprint density at radius 3 is 2.23 bits per heavy atom. The van der Waals surface area contributed by atoms with Crippen molar-refractivity contribution in [2.75, 3.05) is 6.54 Å². The molecule has 0 saturated carbocycles. The van der Waals surface area contributed by atoms with Gasteiger partial charge in [-0.3, -0.25) is 0 Å². The maximum absolute atomic E-state index is 8.86. The lowest BCUT2D eigenvalue weighted by atomic mass is 10.0. The molecule has 2 aromatic rings. The van der Waals surface area contributed by atoms with E-state index in [0.29, 0.717) is 6.54 Å². The second-order valence-corrected chi connectivity index (χ2v) is 4.90. The minimum Gasteiger partial charge on any atom is -0.468 e. The molecule has 1 aliphatic rings. The summed E-state index contributed by atoms with van der Waals surface area (Å²) in [6.07, 6.45) is -0.184. The molecule has 22 heavy (non-hydrogen) atoms. The quantitative estimate of drug-likeness (QED) is 0.861. The molecule has 0 aliphatic carbocycles. The number of hydrogen-bond acceptors (Lipinski definition) is 4. The van der Waals surface area contributed by atoms with Gasteiger partial charge < -0.3 is 10.1 Å². The van der Waals surface area contributed by atoms with E-state index in [1.807, 2.05) is 54.6 Å². The summed E-state index contributed by atoms with van der Waals surface area (Å²) in [6.45, 7) is 0.548. The zero-order valence-corrected chi connectivity index (χ0v) is 11.8. The monoisotopic (exact) mass is 287 g/mol. The third-order valence-electron chi connectivity index (χ3n) is 3.55. The van der Waals surface area contributed by atoms with Crippen molar-refractivity contribution in [1.82, 2.24) is 5.32 Å². The summed E-state index contributed by atoms with van der Waals surface area (Å²) in [5.41, 5.74) is 3.29. The first-order chi connectivity index (χ1) is 10.8. The summed E-state index contributed by atoms with van der Waals surface area (Å²) in [4.78, 5) is 0. The maximum atomic E-state index is 8.86. The molecule has 4 heteroatoms. The molecule has 3 rings (SSSR count). The Bertz CT molecular complexity index is 764. The molecule has 1 saturated heterocycles. The van der Waals surface area contributed by atoms with Crippen LogP contribution in [0.3, 0.4) is 0 Å². The van der Waals surface area contributed by atoms with Crippen molar-refractivity contribution in [1.29, 1.82) is 10.5 Å². The largest absolute Gasteiger partial charge is 0.468 e. The molecule has 1 heterocycles. The molecule has 1 aliphatic heterocycles. The van der Waals surface area contributed by atoms with E-state index in [0.717, 1.165) is 16.7 Å². The second-order valence-electron chi connectivity index (χ2n) is 4.90. The third kappa shape index (κ3) is 2.63. The Morgan fingerprint density at radius 1 is 0.955 bits per heavy atom. The Hall–Kier alpha value is -3.24. The van der Waals surface area contributed by atoms with Crippen LogP contribution in [0.2, 0.25) is 0 Å². The number of ether oxygens (including phenoxy) is 1. The van der Waals surface area contributed by atoms with Crippen LogP contribution in [-0.4, -0.2) is 6.54 Å². The predicted molar refractivity (Wildman–Crippen MR) is 82.0 cm³/mol. The van der Waals surface area contributed by atoms with Gasteiger partial charge in [0.25, 0.3) is 0 Å². The smallest absolute Gasteiger partial charge is 0.217 e. The standard InChI is InChI=1S/C18H13N3O/c19-10-16(11-20)18-21-12-17(22-18)15-8-6-14(7-9-15)13-4-2-1-3-5-13/h1-9,17,21H,12H2. The summed E-state index contributed by atoms with van der Waals surface area (Å²) in [6, 6.07) is 21.9. The summed E-state index contributed by atoms with van der Waals surface area (Å²) in [5, 5.41) is 20.7. The lowest BCUT2D eigenvalue weighted by Crippen LogP contribution is -2.08. The summed E-state index contributed by atoms with van der Waals surface area (Å²) >= 11 is 0. The van der Waals surface area contributed by atoms with Crippen LogP contribution < -0.4 is 5.32 Å². The molecule has 1 N–H and O–H groups in total. The van der Waals surface area contributed by atoms with Gasteiger partial charge in [-0.15, -0.1) is 0 Å². The first-order valence-corrected chi connectivity index (χ1v) is 6.92. The number of nitrogens with one attached hydrogen (secondary N) is 1. The highest BCUT2D eigenvalue weighted by atomic mass is 16.5. The molecule has 1 fully saturated rings. The van der Waals surface area contributed by atoms with E-state index in [-0.39, 0.29) is 17.6 Å². The number of hydrogen-bond donors (Lipinski definition) is 1. The molecule has 1 unspecified atom stereocenters. The average molecular weight is 287 g/mol. The van der Waals surface area contributed by atoms with Crippen molar-refractivity contribution in [3.05, 3.63) is 71.6 Å². The SMILES string of the molecule is N#CC(C#N)=C1NCC(c2ccc(-c3ccccc3)cc2)O1. The highest BCUT2D eigenvalue weighted by molar-refractivity contribution is 5.63. The van der Waals surface area contributed by atoms with Crippen LogP contribution in [0.1, 0.15) is 11.7 Å². The van der Waals surface area contributed by atoms with Gasteiger partial charge in [0.05, 0.1) is 6.54 Å². The zero-order chi connectivity index (χ0) is 15.4. The molecule has 0 amide bonds. The fraction of sp³-hybridized carbons (Fsp3) is 0.111. The molecule has 0 aromatic heterocycles. The van der Waals surface area contributed by atoms with E-state index in [2.05, 4.69) is 17.4 Å². The van der Waals surface area contributed by atoms with Gasteiger partial charge in [0.2, 0.25) is 5.88 Å². The molecule has 2 aromatic carbocycles. The van der Waals surface area contributed by atoms with Gasteiger partial charge in [-0.05, 0) is 16.7 Å². The molecule has 106 valence electrons. The minimum atomic E-state index is -0.184. The molecule has 4 nitrogen and oxygen atoms in total. The van der Waals surface area contributed by atoms with Crippen molar-refractivity contribution in [2.24, 2.45) is 0 Å². The van der Waals surface area contributed by atoms with Crippen molar-refractivity contribution in [3.8, 4) is 23.3 Å². The lowest BCUT2D eigenvalue weighted by molar-refractivity contribution is 0.169. The molecule has 1 atom stereocenters. The zero-order valence-electron chi connectivity index (χ0n) is 11.8. The van der Waals surface area contributed by atoms with Crippen molar-refractivity contribution < 1.29 is 4.74 Å². The summed E-state index contributed by atoms with van der Waals surface area (Å²) in [5.74, 6) is 0.266. The van der Waals surface area contributed by atoms with E-state index < -0.39 is 0 Å². The van der Waals surface area contributed by atoms with Crippen LogP contribution in [0.5, 0.6) is 0 Å². The minimum absolute atomic E-state index is 0.0246. The summed E-state index contributed by atoms with van der Waals surface area (Å²) < 4.78 is 5.66. The highest BCUT2D eigenvalue weighted by Gasteiger charge is 2.24. The molecular weight excluding hydrogens is 274 g/mol. The van der Waals surface area contributed by atoms with Crippen LogP contribution in [0, 0.1) is 22.7 Å². The van der Waals surface area contributed by atoms with E-state index in [4.69, 9.17) is 15.3 Å². The van der Waals surface area contributed by atoms with Gasteiger partial charge in [-0.25, -0.2) is 0 Å². The Balaban J connectivity index is 1.80. The van der Waals surface area contributed by atoms with Gasteiger partial charge >= 0.3 is 0 Å². The number of rotatable bonds is 2. The number of allylic oxidation sites excluding steroid dienone is 1. The molecule has 0 spiro atoms. The van der Waals surface area contributed by atoms with E-state index in [1.165, 1.54) is 0 Å². The highest BCUT2D eigenvalue weighted by Crippen LogP contribution is 2.28. The Kier molecular flexibility index (Phi) is 3.76. The fourth-order valence-electron chi connectivity index (χ4n) is 2.39. The second kappa shape index (κ2) is 6.03. The van der Waals surface area contributed by atoms with Gasteiger partial charge in [0, 0.05) is 0 Å². The van der Waals surface area contributed by atoms with Gasteiger partial charge in [-0.2, -0.15) is 10.5 Å². The van der Waals surface area contributed by atoms with E-state index >= 15 is 0 Å². The maximum Gasteiger partial charge on any atom is 0.217 e. The van der Waals surface area contributed by atoms with Gasteiger partial charge in [0.1, 0.15) is 18.2 Å². The first-order valence-electron chi connectivity index (χ1n) is 6.92. The number of nitrogens with zero attached hydrogens (tertiary/aromatic N) is 2. The topological polar surface area (TPSA) is 68.8 Å². The summed E-state index contributed by atoms with van der Waals surface area (Å²) in [7, 11) is 0. The van der Waals surface area contributed by atoms with Gasteiger partial charge in [-0.1, -0.05) is 54.6 Å². The van der Waals surface area contributed by atoms with Crippen LogP contribution in [-0.2, 0) is 4.74 Å². The van der Waals surface area contributed by atoms with Crippen molar-refractivity contribution >= 4 is 0 Å². The van der Waals surface area contributed by atoms with Crippen molar-refractivity contribution in [2.45, 2.75) is 6.10 Å². The fourth-order valence-corrected chi connectivity index (χ4v) is 2.39. The normalized spacial score (nSPS) is 16.1.